The van der Waals surface area contributed by atoms with Crippen molar-refractivity contribution in [2.75, 3.05) is 26.3 Å². The van der Waals surface area contributed by atoms with Crippen LogP contribution in [0.1, 0.15) is 12.8 Å². The summed E-state index contributed by atoms with van der Waals surface area (Å²) in [5, 5.41) is 3.11. The second-order valence-corrected chi connectivity index (χ2v) is 3.33. The van der Waals surface area contributed by atoms with Crippen molar-refractivity contribution < 1.29 is 17.9 Å². The maximum Gasteiger partial charge on any atom is 0.411 e. The molecule has 1 aliphatic heterocycles. The molecule has 0 aromatic rings. The Hall–Kier alpha value is -0.290. The normalized spacial score (nSPS) is 18.7. The Kier molecular flexibility index (Phi) is 3.99. The molecule has 0 bridgehead atoms. The Morgan fingerprint density at radius 3 is 2.46 bits per heavy atom. The number of hydrogen-bond acceptors (Lipinski definition) is 2. The van der Waals surface area contributed by atoms with Crippen LogP contribution in [0.15, 0.2) is 0 Å². The minimum absolute atomic E-state index is 0.218. The van der Waals surface area contributed by atoms with E-state index >= 15 is 0 Å². The van der Waals surface area contributed by atoms with E-state index in [9.17, 15) is 13.2 Å². The Morgan fingerprint density at radius 1 is 1.31 bits per heavy atom. The third-order valence-electron chi connectivity index (χ3n) is 2.03. The highest BCUT2D eigenvalue weighted by Gasteiger charge is 2.27. The highest BCUT2D eigenvalue weighted by Crippen LogP contribution is 2.15. The predicted octanol–water partition coefficient (Wildman–Crippen LogP) is 1.56. The van der Waals surface area contributed by atoms with E-state index < -0.39 is 12.8 Å². The molecule has 1 fully saturated rings. The lowest BCUT2D eigenvalue weighted by atomic mass is 9.98. The minimum atomic E-state index is -4.18. The smallest absolute Gasteiger partial charge is 0.372 e. The van der Waals surface area contributed by atoms with Gasteiger partial charge in [0.15, 0.2) is 0 Å². The van der Waals surface area contributed by atoms with Crippen LogP contribution in [-0.4, -0.2) is 32.5 Å². The number of hydrogen-bond donors (Lipinski definition) is 1. The lowest BCUT2D eigenvalue weighted by molar-refractivity contribution is -0.174. The predicted molar refractivity (Wildman–Crippen MR) is 42.5 cm³/mol. The molecule has 1 rings (SSSR count). The zero-order valence-corrected chi connectivity index (χ0v) is 7.36. The van der Waals surface area contributed by atoms with Crippen molar-refractivity contribution in [2.45, 2.75) is 19.0 Å². The van der Waals surface area contributed by atoms with Crippen molar-refractivity contribution in [1.29, 1.82) is 0 Å². The molecule has 1 heterocycles. The van der Waals surface area contributed by atoms with Crippen LogP contribution in [0.25, 0.3) is 0 Å². The van der Waals surface area contributed by atoms with Gasteiger partial charge in [-0.1, -0.05) is 0 Å². The van der Waals surface area contributed by atoms with Gasteiger partial charge in [-0.15, -0.1) is 0 Å². The van der Waals surface area contributed by atoms with Crippen LogP contribution in [0.3, 0.4) is 0 Å². The maximum atomic E-state index is 11.6. The van der Waals surface area contributed by atoms with E-state index in [1.54, 1.807) is 0 Å². The molecule has 0 saturated carbocycles. The summed E-state index contributed by atoms with van der Waals surface area (Å²) < 4.78 is 39.2. The minimum Gasteiger partial charge on any atom is -0.372 e. The van der Waals surface area contributed by atoms with Gasteiger partial charge in [-0.2, -0.15) is 13.2 Å². The summed E-state index contributed by atoms with van der Waals surface area (Å²) in [6.45, 7) is 1.10. The Balaban J connectivity index is 1.83. The molecule has 0 aromatic heterocycles. The van der Waals surface area contributed by atoms with Gasteiger partial charge in [-0.25, -0.2) is 0 Å². The number of ether oxygens (including phenoxy) is 1. The van der Waals surface area contributed by atoms with E-state index in [1.807, 2.05) is 0 Å². The molecule has 1 saturated heterocycles. The molecule has 1 N–H and O–H groups in total. The zero-order chi connectivity index (χ0) is 9.73. The van der Waals surface area contributed by atoms with Gasteiger partial charge in [0.25, 0.3) is 0 Å². The fourth-order valence-corrected chi connectivity index (χ4v) is 1.21. The van der Waals surface area contributed by atoms with E-state index in [1.165, 1.54) is 0 Å². The lowest BCUT2D eigenvalue weighted by Crippen LogP contribution is -2.41. The Bertz CT molecular complexity index is 145. The highest BCUT2D eigenvalue weighted by atomic mass is 19.4. The summed E-state index contributed by atoms with van der Waals surface area (Å²) in [6, 6.07) is 0. The molecule has 0 aromatic carbocycles. The third-order valence-corrected chi connectivity index (χ3v) is 2.03. The standard InChI is InChI=1S/C8H14F3NO/c9-8(10,11)6-13-3-1-2-7-4-12-5-7/h7,12H,1-6H2. The van der Waals surface area contributed by atoms with Crippen LogP contribution in [-0.2, 0) is 4.74 Å². The van der Waals surface area contributed by atoms with Crippen molar-refractivity contribution in [1.82, 2.24) is 5.32 Å². The first-order valence-electron chi connectivity index (χ1n) is 4.43. The molecule has 78 valence electrons. The van der Waals surface area contributed by atoms with Gasteiger partial charge in [0.05, 0.1) is 0 Å². The first-order valence-corrected chi connectivity index (χ1v) is 4.43. The summed E-state index contributed by atoms with van der Waals surface area (Å²) in [7, 11) is 0. The summed E-state index contributed by atoms with van der Waals surface area (Å²) >= 11 is 0. The first kappa shape index (κ1) is 10.8. The Labute approximate surface area is 75.4 Å². The number of halogens is 3. The summed E-state index contributed by atoms with van der Waals surface area (Å²) in [5.74, 6) is 0.648. The van der Waals surface area contributed by atoms with Gasteiger partial charge in [0.2, 0.25) is 0 Å². The van der Waals surface area contributed by atoms with Crippen molar-refractivity contribution in [3.63, 3.8) is 0 Å². The fraction of sp³-hybridized carbons (Fsp3) is 1.00. The zero-order valence-electron chi connectivity index (χ0n) is 7.36. The summed E-state index contributed by atoms with van der Waals surface area (Å²) in [5.41, 5.74) is 0. The van der Waals surface area contributed by atoms with Gasteiger partial charge in [0.1, 0.15) is 6.61 Å². The largest absolute Gasteiger partial charge is 0.411 e. The van der Waals surface area contributed by atoms with Crippen molar-refractivity contribution in [2.24, 2.45) is 5.92 Å². The number of nitrogens with one attached hydrogen (secondary N) is 1. The molecule has 13 heavy (non-hydrogen) atoms. The van der Waals surface area contributed by atoms with Crippen LogP contribution >= 0.6 is 0 Å². The van der Waals surface area contributed by atoms with Crippen molar-refractivity contribution >= 4 is 0 Å². The molecule has 1 aliphatic rings. The van der Waals surface area contributed by atoms with Crippen LogP contribution in [0.4, 0.5) is 13.2 Å². The van der Waals surface area contributed by atoms with Crippen LogP contribution in [0.5, 0.6) is 0 Å². The summed E-state index contributed by atoms with van der Waals surface area (Å²) in [6.07, 6.45) is -2.49. The molecular weight excluding hydrogens is 183 g/mol. The van der Waals surface area contributed by atoms with Gasteiger partial charge >= 0.3 is 6.18 Å². The highest BCUT2D eigenvalue weighted by molar-refractivity contribution is 4.73. The average Bonchev–Trinajstić information content (AvgIpc) is 1.90. The molecule has 0 amide bonds. The molecule has 0 unspecified atom stereocenters. The monoisotopic (exact) mass is 197 g/mol. The molecule has 2 nitrogen and oxygen atoms in total. The van der Waals surface area contributed by atoms with E-state index in [-0.39, 0.29) is 6.61 Å². The molecule has 5 heteroatoms. The van der Waals surface area contributed by atoms with Gasteiger partial charge < -0.3 is 10.1 Å². The van der Waals surface area contributed by atoms with E-state index in [0.717, 1.165) is 25.9 Å². The molecule has 0 aliphatic carbocycles. The molecular formula is C8H14F3NO. The molecule has 0 radical (unpaired) electrons. The van der Waals surface area contributed by atoms with Crippen LogP contribution < -0.4 is 5.32 Å². The van der Waals surface area contributed by atoms with Gasteiger partial charge in [-0.05, 0) is 31.8 Å². The lowest BCUT2D eigenvalue weighted by Gasteiger charge is -2.26. The first-order chi connectivity index (χ1) is 6.08. The number of rotatable bonds is 5. The summed E-state index contributed by atoms with van der Waals surface area (Å²) in [4.78, 5) is 0. The fourth-order valence-electron chi connectivity index (χ4n) is 1.21. The molecule has 0 atom stereocenters. The maximum absolute atomic E-state index is 11.6. The topological polar surface area (TPSA) is 21.3 Å². The third kappa shape index (κ3) is 5.10. The average molecular weight is 197 g/mol. The Morgan fingerprint density at radius 2 is 2.00 bits per heavy atom. The van der Waals surface area contributed by atoms with Crippen molar-refractivity contribution in [3.05, 3.63) is 0 Å². The van der Waals surface area contributed by atoms with Crippen LogP contribution in [0.2, 0.25) is 0 Å². The van der Waals surface area contributed by atoms with Crippen LogP contribution in [0, 0.1) is 5.92 Å². The van der Waals surface area contributed by atoms with E-state index in [4.69, 9.17) is 0 Å². The van der Waals surface area contributed by atoms with Gasteiger partial charge in [-0.3, -0.25) is 0 Å². The van der Waals surface area contributed by atoms with Gasteiger partial charge in [0, 0.05) is 6.61 Å². The van der Waals surface area contributed by atoms with Crippen molar-refractivity contribution in [3.8, 4) is 0 Å². The van der Waals surface area contributed by atoms with E-state index in [0.29, 0.717) is 5.92 Å². The second kappa shape index (κ2) is 4.81. The SMILES string of the molecule is FC(F)(F)COCCCC1CNC1. The quantitative estimate of drug-likeness (QED) is 0.675. The number of alkyl halides is 3. The van der Waals surface area contributed by atoms with E-state index in [2.05, 4.69) is 10.1 Å². The molecule has 0 spiro atoms. The second-order valence-electron chi connectivity index (χ2n) is 3.33.